The first-order valence-corrected chi connectivity index (χ1v) is 8.79. The zero-order valence-corrected chi connectivity index (χ0v) is 15.3. The van der Waals surface area contributed by atoms with Gasteiger partial charge < -0.3 is 14.4 Å². The van der Waals surface area contributed by atoms with Crippen molar-refractivity contribution in [3.63, 3.8) is 0 Å². The fourth-order valence-corrected chi connectivity index (χ4v) is 2.97. The summed E-state index contributed by atoms with van der Waals surface area (Å²) in [4.78, 5) is 38.2. The Labute approximate surface area is 157 Å². The number of esters is 1. The van der Waals surface area contributed by atoms with E-state index in [0.717, 1.165) is 12.1 Å². The van der Waals surface area contributed by atoms with Crippen LogP contribution in [0.2, 0.25) is 0 Å². The molecular formula is C21H21NO5. The summed E-state index contributed by atoms with van der Waals surface area (Å²) < 4.78 is 10.4. The number of ketones is 1. The van der Waals surface area contributed by atoms with E-state index in [1.54, 1.807) is 67.5 Å². The normalized spacial score (nSPS) is 14.7. The number of ether oxygens (including phenoxy) is 2. The quantitative estimate of drug-likeness (QED) is 0.579. The molecular weight excluding hydrogens is 346 g/mol. The fraction of sp³-hybridized carbons (Fsp3) is 0.286. The topological polar surface area (TPSA) is 72.9 Å². The molecule has 1 heterocycles. The number of methoxy groups -OCH3 is 1. The second-order valence-corrected chi connectivity index (χ2v) is 6.34. The summed E-state index contributed by atoms with van der Waals surface area (Å²) in [6.07, 6.45) is 0.480. The Bertz CT molecular complexity index is 842. The molecule has 0 spiro atoms. The van der Waals surface area contributed by atoms with Crippen LogP contribution < -0.4 is 9.64 Å². The van der Waals surface area contributed by atoms with Crippen molar-refractivity contribution in [1.82, 2.24) is 0 Å². The third kappa shape index (κ3) is 4.16. The largest absolute Gasteiger partial charge is 0.497 e. The SMILES string of the molecule is COc1ccc(C(=O)[C@@H](C)OC(=O)c2ccc(N3CCCC3=O)cc2)cc1. The molecule has 1 amide bonds. The highest BCUT2D eigenvalue weighted by atomic mass is 16.5. The number of carbonyl (C=O) groups excluding carboxylic acids is 3. The van der Waals surface area contributed by atoms with Crippen LogP contribution in [0.3, 0.4) is 0 Å². The van der Waals surface area contributed by atoms with Crippen LogP contribution in [0, 0.1) is 0 Å². The van der Waals surface area contributed by atoms with Crippen LogP contribution in [0.1, 0.15) is 40.5 Å². The Hall–Kier alpha value is -3.15. The van der Waals surface area contributed by atoms with E-state index < -0.39 is 12.1 Å². The molecule has 1 aliphatic heterocycles. The minimum Gasteiger partial charge on any atom is -0.497 e. The average molecular weight is 367 g/mol. The van der Waals surface area contributed by atoms with Crippen LogP contribution in [0.4, 0.5) is 5.69 Å². The van der Waals surface area contributed by atoms with Gasteiger partial charge in [-0.2, -0.15) is 0 Å². The van der Waals surface area contributed by atoms with Crippen molar-refractivity contribution in [2.45, 2.75) is 25.9 Å². The predicted octanol–water partition coefficient (Wildman–Crippen LogP) is 3.25. The average Bonchev–Trinajstić information content (AvgIpc) is 3.13. The lowest BCUT2D eigenvalue weighted by Gasteiger charge is -2.16. The molecule has 0 radical (unpaired) electrons. The summed E-state index contributed by atoms with van der Waals surface area (Å²) in [5, 5.41) is 0. The number of rotatable bonds is 6. The van der Waals surface area contributed by atoms with Gasteiger partial charge in [-0.25, -0.2) is 4.79 Å². The number of anilines is 1. The first-order valence-electron chi connectivity index (χ1n) is 8.79. The number of Topliss-reactive ketones (excluding diaryl/α,β-unsaturated/α-hetero) is 1. The number of carbonyl (C=O) groups is 3. The van der Waals surface area contributed by atoms with Crippen LogP contribution in [0.15, 0.2) is 48.5 Å². The van der Waals surface area contributed by atoms with Crippen molar-refractivity contribution in [3.05, 3.63) is 59.7 Å². The minimum absolute atomic E-state index is 0.0871. The predicted molar refractivity (Wildman–Crippen MR) is 100 cm³/mol. The third-order valence-electron chi connectivity index (χ3n) is 4.52. The van der Waals surface area contributed by atoms with Crippen molar-refractivity contribution in [3.8, 4) is 5.75 Å². The summed E-state index contributed by atoms with van der Waals surface area (Å²) in [5.74, 6) is -0.134. The lowest BCUT2D eigenvalue weighted by molar-refractivity contribution is -0.117. The van der Waals surface area contributed by atoms with Crippen molar-refractivity contribution in [2.24, 2.45) is 0 Å². The molecule has 27 heavy (non-hydrogen) atoms. The van der Waals surface area contributed by atoms with Gasteiger partial charge in [0.05, 0.1) is 12.7 Å². The summed E-state index contributed by atoms with van der Waals surface area (Å²) in [7, 11) is 1.55. The molecule has 0 aromatic heterocycles. The summed E-state index contributed by atoms with van der Waals surface area (Å²) >= 11 is 0. The Morgan fingerprint density at radius 2 is 1.63 bits per heavy atom. The first kappa shape index (κ1) is 18.6. The van der Waals surface area contributed by atoms with E-state index >= 15 is 0 Å². The second kappa shape index (κ2) is 8.03. The van der Waals surface area contributed by atoms with E-state index in [4.69, 9.17) is 9.47 Å². The number of nitrogens with zero attached hydrogens (tertiary/aromatic N) is 1. The van der Waals surface area contributed by atoms with Crippen LogP contribution >= 0.6 is 0 Å². The molecule has 6 heteroatoms. The monoisotopic (exact) mass is 367 g/mol. The van der Waals surface area contributed by atoms with Crippen molar-refractivity contribution in [1.29, 1.82) is 0 Å². The van der Waals surface area contributed by atoms with Crippen molar-refractivity contribution < 1.29 is 23.9 Å². The molecule has 0 saturated carbocycles. The molecule has 3 rings (SSSR count). The molecule has 0 N–H and O–H groups in total. The van der Waals surface area contributed by atoms with Gasteiger partial charge in [-0.05, 0) is 61.9 Å². The van der Waals surface area contributed by atoms with E-state index in [1.165, 1.54) is 0 Å². The van der Waals surface area contributed by atoms with Gasteiger partial charge in [-0.15, -0.1) is 0 Å². The zero-order valence-electron chi connectivity index (χ0n) is 15.3. The Kier molecular flexibility index (Phi) is 5.54. The van der Waals surface area contributed by atoms with Gasteiger partial charge in [-0.3, -0.25) is 9.59 Å². The molecule has 0 aliphatic carbocycles. The summed E-state index contributed by atoms with van der Waals surface area (Å²) in [6.45, 7) is 2.23. The van der Waals surface area contributed by atoms with E-state index in [-0.39, 0.29) is 11.7 Å². The van der Waals surface area contributed by atoms with Crippen molar-refractivity contribution >= 4 is 23.3 Å². The molecule has 140 valence electrons. The summed E-state index contributed by atoms with van der Waals surface area (Å²) in [6, 6.07) is 13.3. The highest BCUT2D eigenvalue weighted by Crippen LogP contribution is 2.22. The van der Waals surface area contributed by atoms with Gasteiger partial charge in [0.1, 0.15) is 5.75 Å². The molecule has 1 atom stereocenters. The molecule has 1 aliphatic rings. The van der Waals surface area contributed by atoms with Crippen LogP contribution in [-0.4, -0.2) is 37.4 Å². The van der Waals surface area contributed by atoms with Gasteiger partial charge in [0.15, 0.2) is 6.10 Å². The highest BCUT2D eigenvalue weighted by molar-refractivity contribution is 6.01. The zero-order chi connectivity index (χ0) is 19.4. The van der Waals surface area contributed by atoms with Crippen LogP contribution in [0.25, 0.3) is 0 Å². The number of benzene rings is 2. The number of amides is 1. The fourth-order valence-electron chi connectivity index (χ4n) is 2.97. The Morgan fingerprint density at radius 1 is 1.00 bits per heavy atom. The molecule has 6 nitrogen and oxygen atoms in total. The molecule has 2 aromatic carbocycles. The lowest BCUT2D eigenvalue weighted by atomic mass is 10.1. The number of hydrogen-bond acceptors (Lipinski definition) is 5. The van der Waals surface area contributed by atoms with E-state index in [9.17, 15) is 14.4 Å². The van der Waals surface area contributed by atoms with Gasteiger partial charge in [0.2, 0.25) is 11.7 Å². The van der Waals surface area contributed by atoms with Crippen molar-refractivity contribution in [2.75, 3.05) is 18.6 Å². The molecule has 0 unspecified atom stereocenters. The van der Waals surface area contributed by atoms with E-state index in [1.807, 2.05) is 0 Å². The smallest absolute Gasteiger partial charge is 0.338 e. The Balaban J connectivity index is 1.63. The standard InChI is InChI=1S/C21H21NO5/c1-14(20(24)15-7-11-18(26-2)12-8-15)27-21(25)16-5-9-17(10-6-16)22-13-3-4-19(22)23/h5-12,14H,3-4,13H2,1-2H3/t14-/m1/s1. The van der Waals surface area contributed by atoms with E-state index in [2.05, 4.69) is 0 Å². The van der Waals surface area contributed by atoms with E-state index in [0.29, 0.717) is 29.8 Å². The maximum atomic E-state index is 12.4. The second-order valence-electron chi connectivity index (χ2n) is 6.34. The highest BCUT2D eigenvalue weighted by Gasteiger charge is 2.23. The molecule has 2 aromatic rings. The molecule has 1 fully saturated rings. The maximum Gasteiger partial charge on any atom is 0.338 e. The summed E-state index contributed by atoms with van der Waals surface area (Å²) in [5.41, 5.74) is 1.54. The van der Waals surface area contributed by atoms with Crippen LogP contribution in [-0.2, 0) is 9.53 Å². The van der Waals surface area contributed by atoms with Gasteiger partial charge in [0, 0.05) is 24.2 Å². The lowest BCUT2D eigenvalue weighted by Crippen LogP contribution is -2.25. The van der Waals surface area contributed by atoms with Gasteiger partial charge in [-0.1, -0.05) is 0 Å². The first-order chi connectivity index (χ1) is 13.0. The third-order valence-corrected chi connectivity index (χ3v) is 4.52. The van der Waals surface area contributed by atoms with Gasteiger partial charge >= 0.3 is 5.97 Å². The molecule has 0 bridgehead atoms. The number of hydrogen-bond donors (Lipinski definition) is 0. The Morgan fingerprint density at radius 3 is 2.19 bits per heavy atom. The van der Waals surface area contributed by atoms with Gasteiger partial charge in [0.25, 0.3) is 0 Å². The molecule has 1 saturated heterocycles. The maximum absolute atomic E-state index is 12.4. The van der Waals surface area contributed by atoms with Crippen LogP contribution in [0.5, 0.6) is 5.75 Å². The minimum atomic E-state index is -0.911.